The number of guanidine groups is 1. The summed E-state index contributed by atoms with van der Waals surface area (Å²) >= 11 is 0. The number of nitrogens with zero attached hydrogens (tertiary/aromatic N) is 2. The Morgan fingerprint density at radius 2 is 0.835 bits per heavy atom. The fourth-order valence-electron chi connectivity index (χ4n) is 15.7. The van der Waals surface area contributed by atoms with Crippen molar-refractivity contribution in [3.05, 3.63) is 102 Å². The van der Waals surface area contributed by atoms with E-state index in [2.05, 4.69) is 79.1 Å². The number of fused-ring (bicyclic) bond motifs is 2. The Labute approximate surface area is 767 Å². The molecule has 2 fully saturated rings. The Balaban J connectivity index is 1.04. The van der Waals surface area contributed by atoms with Crippen molar-refractivity contribution in [3.8, 4) is 5.75 Å². The van der Waals surface area contributed by atoms with Gasteiger partial charge in [0.1, 0.15) is 90.3 Å². The number of aliphatic hydroxyl groups is 2. The van der Waals surface area contributed by atoms with Crippen LogP contribution in [0, 0.1) is 29.1 Å². The van der Waals surface area contributed by atoms with Crippen molar-refractivity contribution < 1.29 is 107 Å². The lowest BCUT2D eigenvalue weighted by molar-refractivity contribution is -0.146. The predicted octanol–water partition coefficient (Wildman–Crippen LogP) is -4.74. The number of amides is 17. The van der Waals surface area contributed by atoms with Gasteiger partial charge in [-0.3, -0.25) is 86.9 Å². The number of hydrogen-bond donors (Lipinski definition) is 25. The van der Waals surface area contributed by atoms with Crippen molar-refractivity contribution in [3.63, 3.8) is 0 Å². The maximum absolute atomic E-state index is 15.3. The molecular weight excluding hydrogens is 1730 g/mol. The second-order valence-corrected chi connectivity index (χ2v) is 34.8. The molecule has 0 bridgehead atoms. The molecule has 0 saturated carbocycles. The van der Waals surface area contributed by atoms with E-state index < -0.39 is 248 Å². The minimum Gasteiger partial charge on any atom is -0.508 e. The summed E-state index contributed by atoms with van der Waals surface area (Å²) in [5, 5.41) is 82.2. The molecule has 0 unspecified atom stereocenters. The maximum atomic E-state index is 15.3. The fraction of sp³-hybridized carbons (Fsp3) is 0.534. The number of aromatic amines is 2. The predicted molar refractivity (Wildman–Crippen MR) is 482 cm³/mol. The number of nitrogens with two attached hydrogens (primary N) is 5. The minimum atomic E-state index is -2.10. The number of carbonyl (C=O) groups excluding carboxylic acids is 17. The molecule has 133 heavy (non-hydrogen) atoms. The van der Waals surface area contributed by atoms with E-state index in [1.54, 1.807) is 101 Å². The van der Waals surface area contributed by atoms with E-state index >= 15 is 9.59 Å². The number of aromatic nitrogens is 2. The zero-order valence-corrected chi connectivity index (χ0v) is 75.6. The average molecular weight is 1860 g/mol. The molecule has 4 heterocycles. The highest BCUT2D eigenvalue weighted by atomic mass is 16.4. The number of rotatable bonds is 52. The number of aromatic hydroxyl groups is 1. The first-order chi connectivity index (χ1) is 62.9. The standard InChI is InChI=1S/C88H127N23O22/c1-43(2)32-58(100-73(118)53(89)34-47-23-25-50(114)26-24-47)75(120)101-59(35-48-39-96-54-18-11-9-16-51(48)54)76(121)102-60(36-49-40-97-55-19-12-10-17-52(49)55)79(124)108-71(45(5)6)83(128)104-62(38-70(92)117)78(123)103-61(37-69(91)116)77(122)98-56(27-28-68(90)115)74(119)106-64(41-112)80(125)105-63(33-44(3)4)85(130)110-30-15-22-67(110)82(127)109-72(46(7)8)84(129)107-65(42-113)86(131)111-31-14-21-66(111)81(126)99-57(87(132)133)20-13-29-95-88(93)94/h9-12,16-19,23-26,39-40,43-46,53,56-67,71-72,96-97,112-114H,13-15,20-22,27-38,41-42,89H2,1-8H3,(H2,90,115)(H2,91,116)(H2,92,117)(H,98,122)(H,99,126)(H,100,118)(H,101,120)(H,102,121)(H,103,123)(H,104,128)(H,105,125)(H,106,119)(H,107,129)(H,108,124)(H,109,127)(H,132,133)(H4,93,94,95)/t53-,56-,57-,58-,59-,60-,61-,62-,63-,64-,65-,66-,67-,71-,72-/m0/s1. The van der Waals surface area contributed by atoms with Gasteiger partial charge in [0.2, 0.25) is 100 Å². The Morgan fingerprint density at radius 1 is 0.436 bits per heavy atom. The largest absolute Gasteiger partial charge is 0.508 e. The summed E-state index contributed by atoms with van der Waals surface area (Å²) in [5.74, 6) is -21.4. The van der Waals surface area contributed by atoms with Gasteiger partial charge in [-0.1, -0.05) is 104 Å². The summed E-state index contributed by atoms with van der Waals surface area (Å²) in [7, 11) is 0. The van der Waals surface area contributed by atoms with Crippen LogP contribution in [-0.4, -0.2) is 276 Å². The van der Waals surface area contributed by atoms with E-state index in [9.17, 15) is 97.1 Å². The number of hydrogen-bond acceptors (Lipinski definition) is 23. The van der Waals surface area contributed by atoms with Crippen LogP contribution in [0.5, 0.6) is 5.75 Å². The normalized spacial score (nSPS) is 16.6. The number of benzene rings is 3. The van der Waals surface area contributed by atoms with Crippen molar-refractivity contribution in [1.29, 1.82) is 5.41 Å². The number of carboxylic acid groups (broad SMARTS) is 1. The van der Waals surface area contributed by atoms with Crippen LogP contribution < -0.4 is 97.8 Å². The number of aliphatic carboxylic acids is 1. The Bertz CT molecular complexity index is 5000. The first-order valence-electron chi connectivity index (χ1n) is 44.1. The smallest absolute Gasteiger partial charge is 0.326 e. The summed E-state index contributed by atoms with van der Waals surface area (Å²) < 4.78 is 0. The number of carboxylic acids is 1. The summed E-state index contributed by atoms with van der Waals surface area (Å²) in [6.45, 7) is 11.1. The lowest BCUT2D eigenvalue weighted by Gasteiger charge is -2.32. The summed E-state index contributed by atoms with van der Waals surface area (Å²) in [6, 6.07) is -3.31. The second kappa shape index (κ2) is 50.5. The summed E-state index contributed by atoms with van der Waals surface area (Å²) in [6.07, 6.45) is 0.265. The van der Waals surface area contributed by atoms with Crippen LogP contribution in [0.2, 0.25) is 0 Å². The molecule has 0 radical (unpaired) electrons. The van der Waals surface area contributed by atoms with Gasteiger partial charge in [0.05, 0.1) is 32.1 Å². The summed E-state index contributed by atoms with van der Waals surface area (Å²) in [4.78, 5) is 261. The zero-order valence-electron chi connectivity index (χ0n) is 75.6. The third-order valence-corrected chi connectivity index (χ3v) is 22.6. The van der Waals surface area contributed by atoms with Crippen LogP contribution in [0.15, 0.2) is 85.2 Å². The number of phenols is 1. The number of primary amides is 3. The van der Waals surface area contributed by atoms with E-state index in [1.165, 1.54) is 26.0 Å². The fourth-order valence-corrected chi connectivity index (χ4v) is 15.7. The van der Waals surface area contributed by atoms with Crippen molar-refractivity contribution in [1.82, 2.24) is 88.9 Å². The van der Waals surface area contributed by atoms with E-state index in [0.29, 0.717) is 44.9 Å². The Hall–Kier alpha value is -13.8. The molecule has 0 aliphatic carbocycles. The number of phenolic OH excluding ortho intramolecular Hbond substituents is 1. The highest BCUT2D eigenvalue weighted by molar-refractivity contribution is 6.03. The van der Waals surface area contributed by atoms with E-state index in [0.717, 1.165) is 9.80 Å². The molecule has 5 aromatic rings. The first kappa shape index (κ1) is 106. The van der Waals surface area contributed by atoms with E-state index in [4.69, 9.17) is 34.1 Å². The van der Waals surface area contributed by atoms with Crippen LogP contribution in [0.4, 0.5) is 0 Å². The Morgan fingerprint density at radius 3 is 1.31 bits per heavy atom. The lowest BCUT2D eigenvalue weighted by Crippen LogP contribution is -2.62. The van der Waals surface area contributed by atoms with Crippen LogP contribution in [0.25, 0.3) is 21.8 Å². The first-order valence-corrected chi connectivity index (χ1v) is 44.1. The topological polar surface area (TPSA) is 737 Å². The average Bonchev–Trinajstić information content (AvgIpc) is 1.71. The van der Waals surface area contributed by atoms with Crippen molar-refractivity contribution in [2.45, 2.75) is 242 Å². The van der Waals surface area contributed by atoms with Gasteiger partial charge in [0.25, 0.3) is 0 Å². The van der Waals surface area contributed by atoms with E-state index in [-0.39, 0.29) is 107 Å². The van der Waals surface area contributed by atoms with Crippen LogP contribution >= 0.6 is 0 Å². The van der Waals surface area contributed by atoms with Gasteiger partial charge >= 0.3 is 5.97 Å². The molecule has 3 aromatic carbocycles. The van der Waals surface area contributed by atoms with Gasteiger partial charge in [-0.05, 0) is 129 Å². The van der Waals surface area contributed by atoms with Crippen molar-refractivity contribution in [2.24, 2.45) is 52.3 Å². The number of H-pyrrole nitrogens is 2. The highest BCUT2D eigenvalue weighted by Gasteiger charge is 2.45. The molecule has 2 aliphatic rings. The molecule has 17 amide bonds. The van der Waals surface area contributed by atoms with Crippen LogP contribution in [-0.2, 0) is 106 Å². The highest BCUT2D eigenvalue weighted by Crippen LogP contribution is 2.26. The molecule has 2 aromatic heterocycles. The van der Waals surface area contributed by atoms with Gasteiger partial charge in [-0.25, -0.2) is 4.79 Å². The monoisotopic (exact) mass is 1860 g/mol. The molecule has 45 heteroatoms. The van der Waals surface area contributed by atoms with E-state index in [1.807, 2.05) is 13.8 Å². The molecule has 7 rings (SSSR count). The van der Waals surface area contributed by atoms with Gasteiger partial charge < -0.3 is 138 Å². The second-order valence-electron chi connectivity index (χ2n) is 34.8. The molecule has 2 saturated heterocycles. The number of para-hydroxylation sites is 2. The molecule has 15 atom stereocenters. The van der Waals surface area contributed by atoms with Crippen LogP contribution in [0.1, 0.15) is 149 Å². The molecule has 30 N–H and O–H groups in total. The maximum Gasteiger partial charge on any atom is 0.326 e. The number of likely N-dealkylation sites (tertiary alicyclic amines) is 2. The van der Waals surface area contributed by atoms with Gasteiger partial charge in [-0.2, -0.15) is 0 Å². The minimum absolute atomic E-state index is 0.00137. The lowest BCUT2D eigenvalue weighted by atomic mass is 9.98. The number of carbonyl (C=O) groups is 18. The number of aliphatic hydroxyl groups excluding tert-OH is 2. The van der Waals surface area contributed by atoms with Crippen molar-refractivity contribution in [2.75, 3.05) is 32.8 Å². The van der Waals surface area contributed by atoms with Gasteiger partial charge in [-0.15, -0.1) is 0 Å². The quantitative estimate of drug-likeness (QED) is 0.00988. The number of nitrogens with one attached hydrogen (secondary N) is 16. The van der Waals surface area contributed by atoms with Crippen molar-refractivity contribution >= 4 is 134 Å². The third kappa shape index (κ3) is 31.7. The SMILES string of the molecule is CC(C)C[C@H](NC(=O)[C@@H](N)Cc1ccc(O)cc1)C(=O)N[C@@H](Cc1c[nH]c2ccccc12)C(=O)N[C@@H](Cc1c[nH]c2ccccc12)C(=O)N[C@H](C(=O)N[C@@H](CC(N)=O)C(=O)N[C@@H](CC(N)=O)C(=O)N[C@@H](CCC(N)=O)C(=O)N[C@@H](CO)C(=O)N[C@@H](CC(C)C)C(=O)N1CCC[C@H]1C(=O)N[C@H](C(=O)N[C@@H](CO)C(=O)N1CCC[C@H]1C(=O)N[C@@H](CCCNC(=N)N)C(=O)O)C(C)C)C(C)C. The van der Waals surface area contributed by atoms with Gasteiger partial charge in [0.15, 0.2) is 5.96 Å². The molecule has 2 aliphatic heterocycles. The Kier molecular flexibility index (Phi) is 40.3. The molecular formula is C88H127N23O22. The summed E-state index contributed by atoms with van der Waals surface area (Å²) in [5.41, 5.74) is 31.4. The van der Waals surface area contributed by atoms with Crippen LogP contribution in [0.3, 0.4) is 0 Å². The zero-order chi connectivity index (χ0) is 98.4. The van der Waals surface area contributed by atoms with Gasteiger partial charge in [0, 0.05) is 73.1 Å². The third-order valence-electron chi connectivity index (χ3n) is 22.6. The molecule has 726 valence electrons. The molecule has 45 nitrogen and oxygen atoms in total. The molecule has 0 spiro atoms.